The first kappa shape index (κ1) is 21.4. The minimum absolute atomic E-state index is 0.00986. The van der Waals surface area contributed by atoms with Crippen molar-refractivity contribution in [3.63, 3.8) is 0 Å². The lowest BCUT2D eigenvalue weighted by molar-refractivity contribution is -0.122. The van der Waals surface area contributed by atoms with Crippen LogP contribution in [0.4, 0.5) is 5.82 Å². The highest BCUT2D eigenvalue weighted by molar-refractivity contribution is 7.90. The average molecular weight is 436 g/mol. The Morgan fingerprint density at radius 1 is 1.34 bits per heavy atom. The van der Waals surface area contributed by atoms with Gasteiger partial charge in [0.2, 0.25) is 5.91 Å². The van der Waals surface area contributed by atoms with Crippen LogP contribution in [0.3, 0.4) is 0 Å². The summed E-state index contributed by atoms with van der Waals surface area (Å²) in [6.07, 6.45) is 7.60. The van der Waals surface area contributed by atoms with E-state index in [1.54, 1.807) is 13.0 Å². The maximum absolute atomic E-state index is 13.3. The molecule has 1 aliphatic rings. The van der Waals surface area contributed by atoms with Crippen molar-refractivity contribution >= 4 is 38.9 Å². The monoisotopic (exact) mass is 435 g/mol. The fraction of sp³-hybridized carbons (Fsp3) is 0.400. The number of ketones is 1. The third-order valence-corrected chi connectivity index (χ3v) is 6.90. The van der Waals surface area contributed by atoms with E-state index in [1.807, 2.05) is 0 Å². The zero-order chi connectivity index (χ0) is 21.2. The highest BCUT2D eigenvalue weighted by Crippen LogP contribution is 2.39. The predicted molar refractivity (Wildman–Crippen MR) is 110 cm³/mol. The van der Waals surface area contributed by atoms with Gasteiger partial charge in [-0.1, -0.05) is 17.7 Å². The summed E-state index contributed by atoms with van der Waals surface area (Å²) in [6, 6.07) is 4.54. The van der Waals surface area contributed by atoms with E-state index in [0.717, 1.165) is 12.7 Å². The van der Waals surface area contributed by atoms with E-state index in [2.05, 4.69) is 15.3 Å². The van der Waals surface area contributed by atoms with Crippen LogP contribution in [0.5, 0.6) is 0 Å². The molecule has 1 N–H and O–H groups in total. The Morgan fingerprint density at radius 3 is 2.66 bits per heavy atom. The maximum Gasteiger partial charge on any atom is 0.235 e. The molecule has 0 bridgehead atoms. The summed E-state index contributed by atoms with van der Waals surface area (Å²) in [6.45, 7) is 1.77. The summed E-state index contributed by atoms with van der Waals surface area (Å²) in [5.74, 6) is 0.246. The number of sulfone groups is 1. The van der Waals surface area contributed by atoms with Crippen LogP contribution in [0.1, 0.15) is 38.2 Å². The molecule has 1 aliphatic carbocycles. The van der Waals surface area contributed by atoms with Crippen molar-refractivity contribution in [3.8, 4) is 0 Å². The molecule has 3 rings (SSSR count). The lowest BCUT2D eigenvalue weighted by Crippen LogP contribution is -2.39. The quantitative estimate of drug-likeness (QED) is 0.746. The highest BCUT2D eigenvalue weighted by atomic mass is 35.5. The first-order valence-electron chi connectivity index (χ1n) is 9.19. The van der Waals surface area contributed by atoms with Crippen molar-refractivity contribution in [3.05, 3.63) is 47.4 Å². The van der Waals surface area contributed by atoms with Gasteiger partial charge in [-0.05, 0) is 43.4 Å². The molecule has 154 valence electrons. The van der Waals surface area contributed by atoms with Gasteiger partial charge in [-0.2, -0.15) is 0 Å². The van der Waals surface area contributed by atoms with E-state index in [-0.39, 0.29) is 27.5 Å². The van der Waals surface area contributed by atoms with Crippen LogP contribution in [0.15, 0.2) is 41.7 Å². The number of nitrogens with one attached hydrogen (secondary N) is 1. The topological polar surface area (TPSA) is 106 Å². The lowest BCUT2D eigenvalue weighted by Gasteiger charge is -2.31. The summed E-state index contributed by atoms with van der Waals surface area (Å²) >= 11 is 6.24. The Balaban J connectivity index is 1.99. The Labute approximate surface area is 174 Å². The molecule has 9 heteroatoms. The molecule has 1 amide bonds. The second-order valence-electron chi connectivity index (χ2n) is 7.65. The number of hydrogen-bond acceptors (Lipinski definition) is 6. The summed E-state index contributed by atoms with van der Waals surface area (Å²) in [4.78, 5) is 33.0. The van der Waals surface area contributed by atoms with E-state index in [0.29, 0.717) is 30.6 Å². The standard InChI is InChI=1S/C20H22ClN3O4S/c1-20(11-13-3-5-15(25)9-13,19(26)24-18-12-22-7-8-23-18)14-4-6-17(16(21)10-14)29(2,27)28/h4,6-8,10,12-13H,3,5,9,11H2,1-2H3,(H,23,24,26). The fourth-order valence-corrected chi connectivity index (χ4v) is 5.08. The molecule has 29 heavy (non-hydrogen) atoms. The number of halogens is 1. The molecule has 1 aromatic carbocycles. The molecule has 0 spiro atoms. The third kappa shape index (κ3) is 4.82. The van der Waals surface area contributed by atoms with E-state index in [1.165, 1.54) is 30.7 Å². The number of rotatable bonds is 6. The molecule has 2 aromatic rings. The summed E-state index contributed by atoms with van der Waals surface area (Å²) in [7, 11) is -3.49. The van der Waals surface area contributed by atoms with Crippen molar-refractivity contribution in [2.45, 2.75) is 42.9 Å². The van der Waals surface area contributed by atoms with Crippen LogP contribution in [0, 0.1) is 5.92 Å². The van der Waals surface area contributed by atoms with Crippen LogP contribution >= 0.6 is 11.6 Å². The number of benzene rings is 1. The number of anilines is 1. The molecule has 0 aliphatic heterocycles. The Hall–Kier alpha value is -2.32. The molecule has 1 aromatic heterocycles. The van der Waals surface area contributed by atoms with Crippen molar-refractivity contribution in [2.24, 2.45) is 5.92 Å². The molecule has 0 radical (unpaired) electrons. The molecule has 1 fully saturated rings. The SMILES string of the molecule is CC(CC1CCC(=O)C1)(C(=O)Nc1cnccn1)c1ccc(S(C)(=O)=O)c(Cl)c1. The normalized spacial score (nSPS) is 19.0. The zero-order valence-corrected chi connectivity index (χ0v) is 17.8. The van der Waals surface area contributed by atoms with Crippen LogP contribution in [0.25, 0.3) is 0 Å². The number of carbonyl (C=O) groups is 2. The molecule has 0 saturated heterocycles. The number of Topliss-reactive ketones (excluding diaryl/α,β-unsaturated/α-hetero) is 1. The van der Waals surface area contributed by atoms with Crippen molar-refractivity contribution in [2.75, 3.05) is 11.6 Å². The summed E-state index contributed by atoms with van der Waals surface area (Å²) in [5, 5.41) is 2.83. The second kappa shape index (κ2) is 8.20. The molecular formula is C20H22ClN3O4S. The predicted octanol–water partition coefficient (Wildman–Crippen LogP) is 3.19. The molecule has 7 nitrogen and oxygen atoms in total. The van der Waals surface area contributed by atoms with Crippen molar-refractivity contribution in [1.82, 2.24) is 9.97 Å². The second-order valence-corrected chi connectivity index (χ2v) is 10.0. The van der Waals surface area contributed by atoms with E-state index in [4.69, 9.17) is 11.6 Å². The Bertz CT molecular complexity index is 1040. The molecular weight excluding hydrogens is 414 g/mol. The lowest BCUT2D eigenvalue weighted by atomic mass is 9.74. The smallest absolute Gasteiger partial charge is 0.235 e. The fourth-order valence-electron chi connectivity index (χ4n) is 3.75. The number of aromatic nitrogens is 2. The van der Waals surface area contributed by atoms with Gasteiger partial charge in [0.15, 0.2) is 15.7 Å². The van der Waals surface area contributed by atoms with Gasteiger partial charge in [-0.25, -0.2) is 13.4 Å². The Morgan fingerprint density at radius 2 is 2.10 bits per heavy atom. The van der Waals surface area contributed by atoms with Gasteiger partial charge in [0.25, 0.3) is 0 Å². The van der Waals surface area contributed by atoms with Crippen LogP contribution in [0.2, 0.25) is 5.02 Å². The first-order valence-corrected chi connectivity index (χ1v) is 11.5. The van der Waals surface area contributed by atoms with E-state index < -0.39 is 15.3 Å². The minimum atomic E-state index is -3.49. The van der Waals surface area contributed by atoms with Gasteiger partial charge < -0.3 is 5.32 Å². The first-order chi connectivity index (χ1) is 13.6. The highest BCUT2D eigenvalue weighted by Gasteiger charge is 2.40. The van der Waals surface area contributed by atoms with Gasteiger partial charge in [0.1, 0.15) is 5.78 Å². The summed E-state index contributed by atoms with van der Waals surface area (Å²) in [5.41, 5.74) is -0.456. The maximum atomic E-state index is 13.3. The average Bonchev–Trinajstić information content (AvgIpc) is 3.05. The van der Waals surface area contributed by atoms with Gasteiger partial charge in [0, 0.05) is 31.5 Å². The molecule has 2 atom stereocenters. The molecule has 1 heterocycles. The van der Waals surface area contributed by atoms with Gasteiger partial charge in [0.05, 0.1) is 21.5 Å². The van der Waals surface area contributed by atoms with Crippen LogP contribution in [-0.2, 0) is 24.8 Å². The van der Waals surface area contributed by atoms with Crippen molar-refractivity contribution < 1.29 is 18.0 Å². The number of carbonyl (C=O) groups excluding carboxylic acids is 2. The number of amides is 1. The third-order valence-electron chi connectivity index (χ3n) is 5.32. The zero-order valence-electron chi connectivity index (χ0n) is 16.2. The van der Waals surface area contributed by atoms with Crippen LogP contribution < -0.4 is 5.32 Å². The van der Waals surface area contributed by atoms with E-state index in [9.17, 15) is 18.0 Å². The van der Waals surface area contributed by atoms with Gasteiger partial charge in [-0.3, -0.25) is 14.6 Å². The largest absolute Gasteiger partial charge is 0.309 e. The molecule has 2 unspecified atom stereocenters. The summed E-state index contributed by atoms with van der Waals surface area (Å²) < 4.78 is 23.8. The molecule has 1 saturated carbocycles. The Kier molecular flexibility index (Phi) is 6.05. The van der Waals surface area contributed by atoms with Gasteiger partial charge in [-0.15, -0.1) is 0 Å². The van der Waals surface area contributed by atoms with E-state index >= 15 is 0 Å². The number of hydrogen-bond donors (Lipinski definition) is 1. The van der Waals surface area contributed by atoms with Gasteiger partial charge >= 0.3 is 0 Å². The van der Waals surface area contributed by atoms with Crippen molar-refractivity contribution in [1.29, 1.82) is 0 Å². The minimum Gasteiger partial charge on any atom is -0.309 e. The number of nitrogens with zero attached hydrogens (tertiary/aromatic N) is 2. The van der Waals surface area contributed by atoms with Crippen LogP contribution in [-0.4, -0.2) is 36.3 Å².